The molecule has 3 N–H and O–H groups in total. The fourth-order valence-corrected chi connectivity index (χ4v) is 5.91. The van der Waals surface area contributed by atoms with Crippen LogP contribution in [0.4, 0.5) is 11.6 Å². The number of nitrogens with two attached hydrogens (primary N) is 1. The first kappa shape index (κ1) is 25.7. The van der Waals surface area contributed by atoms with Crippen LogP contribution in [0.3, 0.4) is 0 Å². The summed E-state index contributed by atoms with van der Waals surface area (Å²) in [7, 11) is -3.56. The van der Waals surface area contributed by atoms with Gasteiger partial charge in [0, 0.05) is 24.5 Å². The second-order valence-corrected chi connectivity index (χ2v) is 10.6. The Bertz CT molecular complexity index is 1190. The monoisotopic (exact) mass is 502 g/mol. The molecule has 0 aliphatic carbocycles. The van der Waals surface area contributed by atoms with E-state index >= 15 is 0 Å². The van der Waals surface area contributed by atoms with Crippen molar-refractivity contribution < 1.29 is 13.2 Å². The highest BCUT2D eigenvalue weighted by Gasteiger charge is 2.24. The number of sulfonamides is 1. The first-order chi connectivity index (χ1) is 16.3. The normalized spacial score (nSPS) is 12.6. The molecule has 1 heterocycles. The van der Waals surface area contributed by atoms with Crippen molar-refractivity contribution in [3.8, 4) is 0 Å². The highest BCUT2D eigenvalue weighted by molar-refractivity contribution is 7.99. The third-order valence-electron chi connectivity index (χ3n) is 5.39. The molecule has 34 heavy (non-hydrogen) atoms. The summed E-state index contributed by atoms with van der Waals surface area (Å²) in [5.74, 6) is 0.611. The Hall–Kier alpha value is -2.89. The number of nitrogens with zero attached hydrogens (tertiary/aromatic N) is 4. The van der Waals surface area contributed by atoms with E-state index < -0.39 is 16.1 Å². The van der Waals surface area contributed by atoms with Gasteiger partial charge in [-0.3, -0.25) is 9.36 Å². The fraction of sp³-hybridized carbons (Fsp3) is 0.348. The number of aryl methyl sites for hydroxylation is 1. The number of anilines is 2. The minimum absolute atomic E-state index is 0.158. The van der Waals surface area contributed by atoms with Crippen LogP contribution in [0.5, 0.6) is 0 Å². The Kier molecular flexibility index (Phi) is 8.70. The molecule has 1 aromatic heterocycles. The van der Waals surface area contributed by atoms with Crippen LogP contribution in [0.25, 0.3) is 0 Å². The number of hydrogen-bond acceptors (Lipinski definition) is 7. The van der Waals surface area contributed by atoms with E-state index in [0.29, 0.717) is 23.9 Å². The smallest absolute Gasteiger partial charge is 0.247 e. The van der Waals surface area contributed by atoms with Gasteiger partial charge in [0.05, 0.1) is 4.90 Å². The molecule has 0 aliphatic rings. The van der Waals surface area contributed by atoms with Crippen LogP contribution in [0.15, 0.2) is 64.6 Å². The van der Waals surface area contributed by atoms with Gasteiger partial charge in [-0.05, 0) is 43.2 Å². The van der Waals surface area contributed by atoms with Gasteiger partial charge in [-0.1, -0.05) is 55.9 Å². The largest absolute Gasteiger partial charge is 0.368 e. The second kappa shape index (κ2) is 11.5. The SMILES string of the molecule is CCN(CC)S(=O)(=O)c1ccc(NC(=O)C(C)n2c(N)nnc2SCCc2ccccc2)cc1. The fourth-order valence-electron chi connectivity index (χ4n) is 3.44. The molecule has 2 aromatic carbocycles. The molecule has 0 bridgehead atoms. The number of nitrogen functional groups attached to an aromatic ring is 1. The third kappa shape index (κ3) is 5.96. The number of carbonyl (C=O) groups excluding carboxylic acids is 1. The molecule has 9 nitrogen and oxygen atoms in total. The van der Waals surface area contributed by atoms with Gasteiger partial charge in [0.2, 0.25) is 21.9 Å². The summed E-state index contributed by atoms with van der Waals surface area (Å²) >= 11 is 1.48. The van der Waals surface area contributed by atoms with Crippen molar-refractivity contribution in [1.29, 1.82) is 0 Å². The summed E-state index contributed by atoms with van der Waals surface area (Å²) in [4.78, 5) is 13.1. The van der Waals surface area contributed by atoms with E-state index in [9.17, 15) is 13.2 Å². The number of rotatable bonds is 11. The maximum absolute atomic E-state index is 12.9. The lowest BCUT2D eigenvalue weighted by Crippen LogP contribution is -2.30. The van der Waals surface area contributed by atoms with Crippen molar-refractivity contribution in [2.24, 2.45) is 0 Å². The number of amides is 1. The summed E-state index contributed by atoms with van der Waals surface area (Å²) in [5.41, 5.74) is 7.70. The van der Waals surface area contributed by atoms with Crippen molar-refractivity contribution in [3.63, 3.8) is 0 Å². The third-order valence-corrected chi connectivity index (χ3v) is 8.40. The standard InChI is InChI=1S/C23H30N6O3S2/c1-4-28(5-2)34(31,32)20-13-11-19(12-14-20)25-21(30)17(3)29-22(24)26-27-23(29)33-16-15-18-9-7-6-8-10-18/h6-14,17H,4-5,15-16H2,1-3H3,(H2,24,26)(H,25,30). The van der Waals surface area contributed by atoms with Crippen LogP contribution in [-0.4, -0.2) is 52.2 Å². The molecule has 182 valence electrons. The maximum atomic E-state index is 12.9. The molecule has 0 spiro atoms. The van der Waals surface area contributed by atoms with E-state index in [1.54, 1.807) is 37.5 Å². The van der Waals surface area contributed by atoms with Crippen molar-refractivity contribution in [2.45, 2.75) is 43.3 Å². The molecule has 0 radical (unpaired) electrons. The Labute approximate surface area is 204 Å². The predicted molar refractivity (Wildman–Crippen MR) is 135 cm³/mol. The topological polar surface area (TPSA) is 123 Å². The average molecular weight is 503 g/mol. The van der Waals surface area contributed by atoms with E-state index in [1.165, 1.54) is 33.8 Å². The Balaban J connectivity index is 1.66. The molecule has 1 atom stereocenters. The average Bonchev–Trinajstić information content (AvgIpc) is 3.20. The Morgan fingerprint density at radius 1 is 1.09 bits per heavy atom. The zero-order valence-electron chi connectivity index (χ0n) is 19.5. The lowest BCUT2D eigenvalue weighted by atomic mass is 10.2. The van der Waals surface area contributed by atoms with Crippen LogP contribution in [0.2, 0.25) is 0 Å². The molecule has 3 aromatic rings. The maximum Gasteiger partial charge on any atom is 0.247 e. The van der Waals surface area contributed by atoms with Crippen LogP contribution >= 0.6 is 11.8 Å². The second-order valence-electron chi connectivity index (χ2n) is 7.57. The molecule has 1 unspecified atom stereocenters. The summed E-state index contributed by atoms with van der Waals surface area (Å²) in [5, 5.41) is 11.5. The summed E-state index contributed by atoms with van der Waals surface area (Å²) in [6.45, 7) is 6.08. The molecular weight excluding hydrogens is 472 g/mol. The lowest BCUT2D eigenvalue weighted by Gasteiger charge is -2.19. The van der Waals surface area contributed by atoms with Crippen LogP contribution in [0.1, 0.15) is 32.4 Å². The van der Waals surface area contributed by atoms with Gasteiger partial charge in [-0.2, -0.15) is 4.31 Å². The molecule has 0 saturated heterocycles. The zero-order valence-corrected chi connectivity index (χ0v) is 21.1. The van der Waals surface area contributed by atoms with Crippen LogP contribution in [-0.2, 0) is 21.2 Å². The van der Waals surface area contributed by atoms with E-state index in [-0.39, 0.29) is 16.8 Å². The minimum atomic E-state index is -3.56. The number of thioether (sulfide) groups is 1. The number of aromatic nitrogens is 3. The molecule has 3 rings (SSSR count). The first-order valence-electron chi connectivity index (χ1n) is 11.1. The highest BCUT2D eigenvalue weighted by Crippen LogP contribution is 2.25. The minimum Gasteiger partial charge on any atom is -0.368 e. The molecule has 0 aliphatic heterocycles. The van der Waals surface area contributed by atoms with Crippen LogP contribution in [0, 0.1) is 0 Å². The van der Waals surface area contributed by atoms with Gasteiger partial charge >= 0.3 is 0 Å². The van der Waals surface area contributed by atoms with Gasteiger partial charge < -0.3 is 11.1 Å². The van der Waals surface area contributed by atoms with Gasteiger partial charge in [0.1, 0.15) is 6.04 Å². The quantitative estimate of drug-likeness (QED) is 0.385. The number of benzene rings is 2. The highest BCUT2D eigenvalue weighted by atomic mass is 32.2. The predicted octanol–water partition coefficient (Wildman–Crippen LogP) is 3.43. The zero-order chi connectivity index (χ0) is 24.7. The number of nitrogens with one attached hydrogen (secondary N) is 1. The van der Waals surface area contributed by atoms with Crippen molar-refractivity contribution in [1.82, 2.24) is 19.1 Å². The molecular formula is C23H30N6O3S2. The molecule has 0 fully saturated rings. The number of carbonyl (C=O) groups is 1. The Morgan fingerprint density at radius 2 is 1.74 bits per heavy atom. The Morgan fingerprint density at radius 3 is 2.35 bits per heavy atom. The summed E-state index contributed by atoms with van der Waals surface area (Å²) < 4.78 is 28.3. The van der Waals surface area contributed by atoms with Gasteiger partial charge in [-0.25, -0.2) is 8.42 Å². The summed E-state index contributed by atoms with van der Waals surface area (Å²) in [6, 6.07) is 15.6. The van der Waals surface area contributed by atoms with Crippen LogP contribution < -0.4 is 11.1 Å². The van der Waals surface area contributed by atoms with E-state index in [4.69, 9.17) is 5.73 Å². The van der Waals surface area contributed by atoms with Gasteiger partial charge in [0.15, 0.2) is 5.16 Å². The van der Waals surface area contributed by atoms with Crippen molar-refractivity contribution >= 4 is 39.3 Å². The van der Waals surface area contributed by atoms with Crippen molar-refractivity contribution in [2.75, 3.05) is 29.9 Å². The molecule has 11 heteroatoms. The number of hydrogen-bond donors (Lipinski definition) is 2. The van der Waals surface area contributed by atoms with E-state index in [2.05, 4.69) is 27.6 Å². The van der Waals surface area contributed by atoms with Gasteiger partial charge in [-0.15, -0.1) is 10.2 Å². The van der Waals surface area contributed by atoms with Crippen molar-refractivity contribution in [3.05, 3.63) is 60.2 Å². The van der Waals surface area contributed by atoms with E-state index in [1.807, 2.05) is 18.2 Å². The molecule has 0 saturated carbocycles. The first-order valence-corrected chi connectivity index (χ1v) is 13.5. The summed E-state index contributed by atoms with van der Waals surface area (Å²) in [6.07, 6.45) is 0.849. The lowest BCUT2D eigenvalue weighted by molar-refractivity contribution is -0.118. The van der Waals surface area contributed by atoms with Gasteiger partial charge in [0.25, 0.3) is 0 Å². The molecule has 1 amide bonds. The van der Waals surface area contributed by atoms with E-state index in [0.717, 1.165) is 12.2 Å².